The molecule has 2 nitrogen and oxygen atoms in total. The average molecular weight is 231 g/mol. The molecule has 3 heteroatoms. The average Bonchev–Trinajstić information content (AvgIpc) is 2.70. The molecule has 2 aromatic rings. The summed E-state index contributed by atoms with van der Waals surface area (Å²) in [6.45, 7) is 2.57. The minimum Gasteiger partial charge on any atom is -0.326 e. The van der Waals surface area contributed by atoms with Crippen LogP contribution in [0.25, 0.3) is 11.1 Å². The molecule has 16 heavy (non-hydrogen) atoms. The summed E-state index contributed by atoms with van der Waals surface area (Å²) in [5.41, 5.74) is 9.92. The molecule has 0 unspecified atom stereocenters. The van der Waals surface area contributed by atoms with Crippen molar-refractivity contribution in [2.45, 2.75) is 13.5 Å². The molecule has 0 radical (unpaired) electrons. The molecule has 0 atom stereocenters. The molecule has 1 heterocycles. The molecule has 0 bridgehead atoms. The highest BCUT2D eigenvalue weighted by Gasteiger charge is 2.09. The molecule has 0 aliphatic heterocycles. The van der Waals surface area contributed by atoms with Crippen molar-refractivity contribution in [3.8, 4) is 11.1 Å². The van der Waals surface area contributed by atoms with Gasteiger partial charge in [-0.25, -0.2) is 0 Å². The summed E-state index contributed by atoms with van der Waals surface area (Å²) < 4.78 is 0. The summed E-state index contributed by atoms with van der Waals surface area (Å²) in [6, 6.07) is 8.04. The van der Waals surface area contributed by atoms with Gasteiger partial charge in [0.25, 0.3) is 0 Å². The normalized spacial score (nSPS) is 10.4. The number of thiophene rings is 1. The van der Waals surface area contributed by atoms with E-state index in [1.54, 1.807) is 0 Å². The first-order chi connectivity index (χ1) is 7.76. The van der Waals surface area contributed by atoms with Crippen LogP contribution >= 0.6 is 11.3 Å². The Balaban J connectivity index is 2.49. The molecule has 1 aromatic carbocycles. The van der Waals surface area contributed by atoms with Crippen LogP contribution in [0.15, 0.2) is 29.6 Å². The van der Waals surface area contributed by atoms with E-state index in [0.717, 1.165) is 33.4 Å². The lowest BCUT2D eigenvalue weighted by Gasteiger charge is -2.03. The maximum absolute atomic E-state index is 10.9. The summed E-state index contributed by atoms with van der Waals surface area (Å²) in [7, 11) is 0. The summed E-state index contributed by atoms with van der Waals surface area (Å²) >= 11 is 1.49. The zero-order valence-electron chi connectivity index (χ0n) is 9.07. The van der Waals surface area contributed by atoms with E-state index in [1.165, 1.54) is 11.3 Å². The van der Waals surface area contributed by atoms with Gasteiger partial charge in [-0.2, -0.15) is 0 Å². The Bertz CT molecular complexity index is 499. The van der Waals surface area contributed by atoms with E-state index in [-0.39, 0.29) is 0 Å². The monoisotopic (exact) mass is 231 g/mol. The standard InChI is InChI=1S/C13H13NOS/c1-9-8-16-12(7-15)13(9)11-4-2-10(6-14)3-5-11/h2-5,7-8H,6,14H2,1H3. The van der Waals surface area contributed by atoms with E-state index in [2.05, 4.69) is 0 Å². The van der Waals surface area contributed by atoms with Crippen molar-refractivity contribution in [3.63, 3.8) is 0 Å². The number of hydrogen-bond acceptors (Lipinski definition) is 3. The lowest BCUT2D eigenvalue weighted by Crippen LogP contribution is -1.95. The predicted molar refractivity (Wildman–Crippen MR) is 67.8 cm³/mol. The van der Waals surface area contributed by atoms with E-state index in [0.29, 0.717) is 6.54 Å². The van der Waals surface area contributed by atoms with Gasteiger partial charge in [0.2, 0.25) is 0 Å². The fourth-order valence-corrected chi connectivity index (χ4v) is 2.60. The highest BCUT2D eigenvalue weighted by molar-refractivity contribution is 7.12. The maximum Gasteiger partial charge on any atom is 0.160 e. The second-order valence-electron chi connectivity index (χ2n) is 3.68. The van der Waals surface area contributed by atoms with Gasteiger partial charge in [-0.15, -0.1) is 11.3 Å². The Kier molecular flexibility index (Phi) is 3.17. The quantitative estimate of drug-likeness (QED) is 0.825. The fraction of sp³-hybridized carbons (Fsp3) is 0.154. The Hall–Kier alpha value is -1.45. The molecule has 1 aromatic heterocycles. The van der Waals surface area contributed by atoms with Crippen molar-refractivity contribution in [1.29, 1.82) is 0 Å². The molecule has 0 aliphatic carbocycles. The van der Waals surface area contributed by atoms with Gasteiger partial charge in [-0.05, 0) is 29.0 Å². The Morgan fingerprint density at radius 3 is 2.56 bits per heavy atom. The van der Waals surface area contributed by atoms with Gasteiger partial charge in [0.1, 0.15) is 0 Å². The van der Waals surface area contributed by atoms with Gasteiger partial charge in [-0.3, -0.25) is 4.79 Å². The molecule has 82 valence electrons. The van der Waals surface area contributed by atoms with Gasteiger partial charge in [-0.1, -0.05) is 24.3 Å². The first-order valence-corrected chi connectivity index (χ1v) is 5.97. The smallest absolute Gasteiger partial charge is 0.160 e. The Morgan fingerprint density at radius 2 is 2.00 bits per heavy atom. The van der Waals surface area contributed by atoms with Gasteiger partial charge in [0.05, 0.1) is 4.88 Å². The topological polar surface area (TPSA) is 43.1 Å². The number of carbonyl (C=O) groups is 1. The van der Waals surface area contributed by atoms with Crippen LogP contribution in [0.4, 0.5) is 0 Å². The van der Waals surface area contributed by atoms with Crippen LogP contribution in [0.3, 0.4) is 0 Å². The predicted octanol–water partition coefficient (Wildman–Crippen LogP) is 2.99. The SMILES string of the molecule is Cc1csc(C=O)c1-c1ccc(CN)cc1. The van der Waals surface area contributed by atoms with E-state index in [1.807, 2.05) is 36.6 Å². The van der Waals surface area contributed by atoms with E-state index in [9.17, 15) is 4.79 Å². The van der Waals surface area contributed by atoms with Gasteiger partial charge < -0.3 is 5.73 Å². The van der Waals surface area contributed by atoms with Crippen LogP contribution in [0, 0.1) is 6.92 Å². The Morgan fingerprint density at radius 1 is 1.31 bits per heavy atom. The van der Waals surface area contributed by atoms with E-state index < -0.39 is 0 Å². The van der Waals surface area contributed by atoms with Gasteiger partial charge >= 0.3 is 0 Å². The number of hydrogen-bond donors (Lipinski definition) is 1. The van der Waals surface area contributed by atoms with Crippen LogP contribution in [-0.4, -0.2) is 6.29 Å². The second-order valence-corrected chi connectivity index (χ2v) is 4.59. The summed E-state index contributed by atoms with van der Waals surface area (Å²) in [6.07, 6.45) is 0.920. The number of benzene rings is 1. The van der Waals surface area contributed by atoms with Crippen LogP contribution in [0.5, 0.6) is 0 Å². The van der Waals surface area contributed by atoms with Crippen LogP contribution in [0.2, 0.25) is 0 Å². The molecule has 2 N–H and O–H groups in total. The number of rotatable bonds is 3. The lowest BCUT2D eigenvalue weighted by molar-refractivity contribution is 0.112. The molecule has 0 amide bonds. The van der Waals surface area contributed by atoms with Crippen molar-refractivity contribution in [1.82, 2.24) is 0 Å². The zero-order chi connectivity index (χ0) is 11.5. The third-order valence-corrected chi connectivity index (χ3v) is 3.61. The fourth-order valence-electron chi connectivity index (χ4n) is 1.73. The molecular weight excluding hydrogens is 218 g/mol. The summed E-state index contributed by atoms with van der Waals surface area (Å²) in [5, 5.41) is 2.01. The van der Waals surface area contributed by atoms with Crippen LogP contribution in [0.1, 0.15) is 20.8 Å². The van der Waals surface area contributed by atoms with E-state index in [4.69, 9.17) is 5.73 Å². The molecule has 0 saturated carbocycles. The lowest BCUT2D eigenvalue weighted by atomic mass is 10.0. The van der Waals surface area contributed by atoms with Crippen LogP contribution in [-0.2, 0) is 6.54 Å². The Labute approximate surface area is 98.7 Å². The first kappa shape index (κ1) is 11.0. The van der Waals surface area contributed by atoms with Gasteiger partial charge in [0, 0.05) is 12.1 Å². The molecule has 0 spiro atoms. The highest BCUT2D eigenvalue weighted by atomic mass is 32.1. The highest BCUT2D eigenvalue weighted by Crippen LogP contribution is 2.31. The summed E-state index contributed by atoms with van der Waals surface area (Å²) in [4.78, 5) is 11.7. The number of nitrogens with two attached hydrogens (primary N) is 1. The minimum absolute atomic E-state index is 0.545. The molecule has 0 saturated heterocycles. The van der Waals surface area contributed by atoms with E-state index >= 15 is 0 Å². The van der Waals surface area contributed by atoms with Crippen molar-refractivity contribution < 1.29 is 4.79 Å². The molecule has 0 aliphatic rings. The zero-order valence-corrected chi connectivity index (χ0v) is 9.88. The summed E-state index contributed by atoms with van der Waals surface area (Å²) in [5.74, 6) is 0. The number of aryl methyl sites for hydroxylation is 1. The number of aldehydes is 1. The van der Waals surface area contributed by atoms with Crippen molar-refractivity contribution >= 4 is 17.6 Å². The molecular formula is C13H13NOS. The molecule has 0 fully saturated rings. The van der Waals surface area contributed by atoms with Crippen molar-refractivity contribution in [3.05, 3.63) is 45.6 Å². The van der Waals surface area contributed by atoms with Crippen LogP contribution < -0.4 is 5.73 Å². The maximum atomic E-state index is 10.9. The van der Waals surface area contributed by atoms with Crippen molar-refractivity contribution in [2.24, 2.45) is 5.73 Å². The van der Waals surface area contributed by atoms with Crippen molar-refractivity contribution in [2.75, 3.05) is 0 Å². The third-order valence-electron chi connectivity index (χ3n) is 2.59. The number of carbonyl (C=O) groups excluding carboxylic acids is 1. The first-order valence-electron chi connectivity index (χ1n) is 5.09. The second kappa shape index (κ2) is 4.60. The molecule has 2 rings (SSSR count). The minimum atomic E-state index is 0.545. The van der Waals surface area contributed by atoms with Gasteiger partial charge in [0.15, 0.2) is 6.29 Å². The largest absolute Gasteiger partial charge is 0.326 e. The third kappa shape index (κ3) is 1.92.